The van der Waals surface area contributed by atoms with Crippen LogP contribution < -0.4 is 0 Å². The third kappa shape index (κ3) is 13.6. The molecular weight excluding hydrogens is 284 g/mol. The molecule has 21 heavy (non-hydrogen) atoms. The number of hydrogen-bond donors (Lipinski definition) is 3. The van der Waals surface area contributed by atoms with Crippen molar-refractivity contribution in [3.05, 3.63) is 24.8 Å². The summed E-state index contributed by atoms with van der Waals surface area (Å²) in [6, 6.07) is 0. The lowest BCUT2D eigenvalue weighted by Crippen LogP contribution is -2.20. The van der Waals surface area contributed by atoms with Gasteiger partial charge in [0.05, 0.1) is 18.9 Å². The molecule has 1 atom stereocenters. The van der Waals surface area contributed by atoms with Crippen molar-refractivity contribution in [3.8, 4) is 0 Å². The van der Waals surface area contributed by atoms with Crippen LogP contribution in [0, 0.1) is 5.92 Å². The van der Waals surface area contributed by atoms with Crippen molar-refractivity contribution < 1.29 is 39.2 Å². The highest BCUT2D eigenvalue weighted by Crippen LogP contribution is 2.09. The molecule has 0 rings (SSSR count). The molecule has 0 aliphatic heterocycles. The van der Waals surface area contributed by atoms with E-state index in [1.165, 1.54) is 6.92 Å². The summed E-state index contributed by atoms with van der Waals surface area (Å²) in [6.07, 6.45) is 0.320. The minimum Gasteiger partial charge on any atom is -0.481 e. The molecule has 0 aromatic carbocycles. The SMILES string of the molecule is C=C(C)C(=O)OCCC(CC(=O)O)C(=O)O.C=CC(=O)O. The number of carboxylic acid groups (broad SMARTS) is 3. The Morgan fingerprint density at radius 1 is 1.19 bits per heavy atom. The fourth-order valence-electron chi connectivity index (χ4n) is 0.941. The van der Waals surface area contributed by atoms with E-state index < -0.39 is 36.2 Å². The Labute approximate surface area is 121 Å². The standard InChI is InChI=1S/C10H14O6.C3H4O2/c1-6(2)10(15)16-4-3-7(9(13)14)5-8(11)12;1-2-3(4)5/h7H,1,3-5H2,2H3,(H,11,12)(H,13,14);2H,1H2,(H,4,5). The Morgan fingerprint density at radius 3 is 1.95 bits per heavy atom. The van der Waals surface area contributed by atoms with E-state index >= 15 is 0 Å². The minimum absolute atomic E-state index is 0.0271. The van der Waals surface area contributed by atoms with Gasteiger partial charge < -0.3 is 20.1 Å². The van der Waals surface area contributed by atoms with Gasteiger partial charge in [0.15, 0.2) is 0 Å². The number of hydrogen-bond acceptors (Lipinski definition) is 5. The van der Waals surface area contributed by atoms with E-state index in [-0.39, 0.29) is 18.6 Å². The highest BCUT2D eigenvalue weighted by Gasteiger charge is 2.21. The summed E-state index contributed by atoms with van der Waals surface area (Å²) in [5, 5.41) is 24.7. The maximum absolute atomic E-state index is 10.9. The van der Waals surface area contributed by atoms with Gasteiger partial charge in [-0.2, -0.15) is 0 Å². The summed E-state index contributed by atoms with van der Waals surface area (Å²) in [7, 11) is 0. The molecule has 0 radical (unpaired) electrons. The Kier molecular flexibility index (Phi) is 11.0. The number of esters is 1. The number of carbonyl (C=O) groups excluding carboxylic acids is 1. The lowest BCUT2D eigenvalue weighted by Gasteiger charge is -2.09. The van der Waals surface area contributed by atoms with E-state index in [0.29, 0.717) is 0 Å². The first-order chi connectivity index (χ1) is 9.61. The molecule has 8 nitrogen and oxygen atoms in total. The molecule has 0 aliphatic carbocycles. The lowest BCUT2D eigenvalue weighted by molar-refractivity contribution is -0.150. The van der Waals surface area contributed by atoms with Crippen molar-refractivity contribution in [1.82, 2.24) is 0 Å². The second kappa shape index (κ2) is 11.2. The summed E-state index contributed by atoms with van der Waals surface area (Å²) >= 11 is 0. The molecule has 0 aliphatic rings. The van der Waals surface area contributed by atoms with Crippen molar-refractivity contribution in [1.29, 1.82) is 0 Å². The predicted octanol–water partition coefficient (Wildman–Crippen LogP) is 0.928. The normalized spacial score (nSPS) is 10.3. The van der Waals surface area contributed by atoms with Gasteiger partial charge in [-0.3, -0.25) is 9.59 Å². The third-order valence-corrected chi connectivity index (χ3v) is 1.99. The molecule has 3 N–H and O–H groups in total. The number of rotatable bonds is 8. The Balaban J connectivity index is 0. The van der Waals surface area contributed by atoms with Crippen molar-refractivity contribution in [2.75, 3.05) is 6.61 Å². The van der Waals surface area contributed by atoms with Gasteiger partial charge in [0, 0.05) is 11.6 Å². The lowest BCUT2D eigenvalue weighted by atomic mass is 10.0. The molecule has 0 heterocycles. The van der Waals surface area contributed by atoms with Crippen LogP contribution in [-0.2, 0) is 23.9 Å². The van der Waals surface area contributed by atoms with Crippen LogP contribution in [0.25, 0.3) is 0 Å². The summed E-state index contributed by atoms with van der Waals surface area (Å²) in [5.74, 6) is -5.05. The maximum Gasteiger partial charge on any atom is 0.333 e. The highest BCUT2D eigenvalue weighted by molar-refractivity contribution is 5.87. The molecule has 0 spiro atoms. The van der Waals surface area contributed by atoms with Gasteiger partial charge in [-0.05, 0) is 13.3 Å². The average molecular weight is 302 g/mol. The molecule has 0 saturated carbocycles. The van der Waals surface area contributed by atoms with Crippen LogP contribution in [0.4, 0.5) is 0 Å². The molecule has 0 fully saturated rings. The fourth-order valence-corrected chi connectivity index (χ4v) is 0.941. The van der Waals surface area contributed by atoms with Gasteiger partial charge in [0.25, 0.3) is 0 Å². The van der Waals surface area contributed by atoms with Gasteiger partial charge in [0.1, 0.15) is 0 Å². The highest BCUT2D eigenvalue weighted by atomic mass is 16.5. The molecule has 0 aromatic heterocycles. The zero-order valence-electron chi connectivity index (χ0n) is 11.6. The maximum atomic E-state index is 10.9. The molecule has 0 saturated heterocycles. The van der Waals surface area contributed by atoms with Gasteiger partial charge in [0.2, 0.25) is 0 Å². The largest absolute Gasteiger partial charge is 0.481 e. The first kappa shape index (κ1) is 20.7. The Morgan fingerprint density at radius 2 is 1.67 bits per heavy atom. The zero-order valence-corrected chi connectivity index (χ0v) is 11.6. The summed E-state index contributed by atoms with van der Waals surface area (Å²) in [5.41, 5.74) is 0.213. The fraction of sp³-hybridized carbons (Fsp3) is 0.385. The molecule has 1 unspecified atom stereocenters. The van der Waals surface area contributed by atoms with Crippen molar-refractivity contribution in [2.24, 2.45) is 5.92 Å². The Hall–Kier alpha value is -2.64. The van der Waals surface area contributed by atoms with Crippen LogP contribution >= 0.6 is 0 Å². The van der Waals surface area contributed by atoms with E-state index in [1.807, 2.05) is 0 Å². The third-order valence-electron chi connectivity index (χ3n) is 1.99. The van der Waals surface area contributed by atoms with Crippen LogP contribution in [0.15, 0.2) is 24.8 Å². The van der Waals surface area contributed by atoms with E-state index in [0.717, 1.165) is 6.08 Å². The van der Waals surface area contributed by atoms with Crippen LogP contribution in [0.2, 0.25) is 0 Å². The molecule has 0 bridgehead atoms. The van der Waals surface area contributed by atoms with Crippen molar-refractivity contribution >= 4 is 23.9 Å². The number of carboxylic acids is 3. The van der Waals surface area contributed by atoms with E-state index in [1.54, 1.807) is 0 Å². The second-order valence-corrected chi connectivity index (χ2v) is 3.88. The molecule has 8 heteroatoms. The molecular formula is C13H18O8. The second-order valence-electron chi connectivity index (χ2n) is 3.88. The minimum atomic E-state index is -1.21. The molecule has 0 aromatic rings. The van der Waals surface area contributed by atoms with E-state index in [9.17, 15) is 19.2 Å². The number of aliphatic carboxylic acids is 3. The quantitative estimate of drug-likeness (QED) is 0.444. The molecule has 0 amide bonds. The smallest absolute Gasteiger partial charge is 0.333 e. The van der Waals surface area contributed by atoms with Gasteiger partial charge in [-0.25, -0.2) is 9.59 Å². The topological polar surface area (TPSA) is 138 Å². The molecule has 118 valence electrons. The van der Waals surface area contributed by atoms with Crippen LogP contribution in [0.5, 0.6) is 0 Å². The summed E-state index contributed by atoms with van der Waals surface area (Å²) in [4.78, 5) is 41.1. The first-order valence-corrected chi connectivity index (χ1v) is 5.74. The van der Waals surface area contributed by atoms with Gasteiger partial charge in [-0.1, -0.05) is 13.2 Å². The number of carbonyl (C=O) groups is 4. The van der Waals surface area contributed by atoms with Gasteiger partial charge in [-0.15, -0.1) is 0 Å². The van der Waals surface area contributed by atoms with Crippen LogP contribution in [0.3, 0.4) is 0 Å². The van der Waals surface area contributed by atoms with Crippen molar-refractivity contribution in [3.63, 3.8) is 0 Å². The summed E-state index contributed by atoms with van der Waals surface area (Å²) < 4.78 is 4.67. The first-order valence-electron chi connectivity index (χ1n) is 5.74. The Bertz CT molecular complexity index is 424. The zero-order chi connectivity index (χ0) is 17.0. The monoisotopic (exact) mass is 302 g/mol. The van der Waals surface area contributed by atoms with Crippen LogP contribution in [0.1, 0.15) is 19.8 Å². The van der Waals surface area contributed by atoms with E-state index in [4.69, 9.17) is 15.3 Å². The summed E-state index contributed by atoms with van der Waals surface area (Å²) in [6.45, 7) is 7.65. The van der Waals surface area contributed by atoms with Crippen LogP contribution in [-0.4, -0.2) is 45.8 Å². The van der Waals surface area contributed by atoms with E-state index in [2.05, 4.69) is 17.9 Å². The number of ether oxygens (including phenoxy) is 1. The average Bonchev–Trinajstić information content (AvgIpc) is 2.37. The van der Waals surface area contributed by atoms with Crippen molar-refractivity contribution in [2.45, 2.75) is 19.8 Å². The predicted molar refractivity (Wildman–Crippen MR) is 71.6 cm³/mol. The van der Waals surface area contributed by atoms with Gasteiger partial charge >= 0.3 is 23.9 Å².